The van der Waals surface area contributed by atoms with Crippen LogP contribution in [-0.4, -0.2) is 72.4 Å². The number of likely N-dealkylation sites (N-methyl/N-ethyl adjacent to an activating group) is 1. The molecule has 5 rings (SSSR count). The Bertz CT molecular complexity index is 1400. The van der Waals surface area contributed by atoms with E-state index < -0.39 is 0 Å². The highest BCUT2D eigenvalue weighted by Crippen LogP contribution is 2.33. The van der Waals surface area contributed by atoms with Crippen molar-refractivity contribution in [1.29, 1.82) is 0 Å². The summed E-state index contributed by atoms with van der Waals surface area (Å²) in [5.41, 5.74) is 3.33. The molecule has 42 heavy (non-hydrogen) atoms. The number of fused-ring (bicyclic) bond motifs is 2. The molecule has 0 aromatic heterocycles. The lowest BCUT2D eigenvalue weighted by Gasteiger charge is -2.34. The van der Waals surface area contributed by atoms with E-state index in [4.69, 9.17) is 14.2 Å². The van der Waals surface area contributed by atoms with E-state index >= 15 is 0 Å². The summed E-state index contributed by atoms with van der Waals surface area (Å²) in [5.74, 6) is 1.89. The minimum absolute atomic E-state index is 0.0154. The Balaban J connectivity index is 1.35. The van der Waals surface area contributed by atoms with Crippen molar-refractivity contribution in [3.63, 3.8) is 0 Å². The topological polar surface area (TPSA) is 101 Å². The first-order valence-corrected chi connectivity index (χ1v) is 14.4. The highest BCUT2D eigenvalue weighted by molar-refractivity contribution is 5.92. The van der Waals surface area contributed by atoms with Crippen molar-refractivity contribution >= 4 is 17.5 Å². The molecule has 0 spiro atoms. The summed E-state index contributed by atoms with van der Waals surface area (Å²) in [5, 5.41) is 12.9. The van der Waals surface area contributed by atoms with Crippen LogP contribution in [0.3, 0.4) is 0 Å². The maximum Gasteiger partial charge on any atom is 0.231 e. The minimum Gasteiger partial charge on any atom is -0.488 e. The van der Waals surface area contributed by atoms with Crippen LogP contribution in [0.25, 0.3) is 0 Å². The first-order chi connectivity index (χ1) is 20.3. The van der Waals surface area contributed by atoms with Crippen LogP contribution >= 0.6 is 0 Å². The molecule has 0 unspecified atom stereocenters. The SMILES string of the molecule is C[C@H](CO)N1C[C@H](C)[C@H](CN(C)Cc2ccc3c(c2)OCO3)Oc2ccc(NC(=O)Cc3ccccc3)cc2CC1=O. The van der Waals surface area contributed by atoms with Gasteiger partial charge in [0.15, 0.2) is 11.5 Å². The molecule has 3 aromatic rings. The summed E-state index contributed by atoms with van der Waals surface area (Å²) in [6.45, 7) is 5.78. The molecule has 0 bridgehead atoms. The Morgan fingerprint density at radius 2 is 1.81 bits per heavy atom. The van der Waals surface area contributed by atoms with Gasteiger partial charge in [-0.25, -0.2) is 0 Å². The zero-order chi connectivity index (χ0) is 29.6. The predicted octanol–water partition coefficient (Wildman–Crippen LogP) is 3.88. The van der Waals surface area contributed by atoms with Gasteiger partial charge in [-0.1, -0.05) is 43.3 Å². The van der Waals surface area contributed by atoms with Gasteiger partial charge in [-0.15, -0.1) is 0 Å². The normalized spacial score (nSPS) is 18.9. The van der Waals surface area contributed by atoms with E-state index in [-0.39, 0.29) is 56.1 Å². The van der Waals surface area contributed by atoms with Crippen molar-refractivity contribution in [1.82, 2.24) is 9.80 Å². The lowest BCUT2D eigenvalue weighted by Crippen LogP contribution is -2.47. The van der Waals surface area contributed by atoms with Crippen LogP contribution in [-0.2, 0) is 29.0 Å². The Hall–Kier alpha value is -4.08. The van der Waals surface area contributed by atoms with Gasteiger partial charge in [0.05, 0.1) is 25.5 Å². The first-order valence-electron chi connectivity index (χ1n) is 14.4. The fraction of sp³-hybridized carbons (Fsp3) is 0.394. The Kier molecular flexibility index (Phi) is 9.29. The quantitative estimate of drug-likeness (QED) is 0.401. The third-order valence-corrected chi connectivity index (χ3v) is 7.79. The van der Waals surface area contributed by atoms with Crippen LogP contribution in [0.5, 0.6) is 17.2 Å². The number of amides is 2. The minimum atomic E-state index is -0.331. The lowest BCUT2D eigenvalue weighted by molar-refractivity contribution is -0.134. The lowest BCUT2D eigenvalue weighted by atomic mass is 10.0. The zero-order valence-corrected chi connectivity index (χ0v) is 24.4. The van der Waals surface area contributed by atoms with Crippen molar-refractivity contribution in [2.75, 3.05) is 38.9 Å². The Labute approximate surface area is 247 Å². The molecule has 9 nitrogen and oxygen atoms in total. The molecule has 2 amide bonds. The standard InChI is InChI=1S/C33H39N3O6/c1-22-17-36(23(2)20-37)33(39)16-26-15-27(34-32(38)14-24-7-5-4-6-8-24)10-12-28(26)42-31(22)19-35(3)18-25-9-11-29-30(13-25)41-21-40-29/h4-13,15,22-23,31,37H,14,16-21H2,1-3H3,(H,34,38)/t22-,23+,31-/m0/s1. The molecule has 3 aromatic carbocycles. The molecule has 2 aliphatic rings. The van der Waals surface area contributed by atoms with Gasteiger partial charge in [0.1, 0.15) is 11.9 Å². The number of hydrogen-bond acceptors (Lipinski definition) is 7. The van der Waals surface area contributed by atoms with Gasteiger partial charge in [-0.05, 0) is 55.4 Å². The number of rotatable bonds is 9. The van der Waals surface area contributed by atoms with Gasteiger partial charge in [0.2, 0.25) is 18.6 Å². The smallest absolute Gasteiger partial charge is 0.231 e. The van der Waals surface area contributed by atoms with Gasteiger partial charge in [0, 0.05) is 36.8 Å². The average molecular weight is 574 g/mol. The largest absolute Gasteiger partial charge is 0.488 e. The number of nitrogens with zero attached hydrogens (tertiary/aromatic N) is 2. The van der Waals surface area contributed by atoms with Gasteiger partial charge in [0.25, 0.3) is 0 Å². The molecule has 3 atom stereocenters. The third kappa shape index (κ3) is 7.21. The molecule has 2 heterocycles. The molecule has 2 N–H and O–H groups in total. The molecular formula is C33H39N3O6. The van der Waals surface area contributed by atoms with Crippen LogP contribution in [0.2, 0.25) is 0 Å². The number of anilines is 1. The number of aliphatic hydroxyl groups is 1. The summed E-state index contributed by atoms with van der Waals surface area (Å²) < 4.78 is 17.6. The summed E-state index contributed by atoms with van der Waals surface area (Å²) in [6.07, 6.45) is 0.125. The number of aliphatic hydroxyl groups excluding tert-OH is 1. The van der Waals surface area contributed by atoms with Crippen LogP contribution in [0.1, 0.15) is 30.5 Å². The Morgan fingerprint density at radius 3 is 2.60 bits per heavy atom. The summed E-state index contributed by atoms with van der Waals surface area (Å²) in [7, 11) is 2.04. The second-order valence-corrected chi connectivity index (χ2v) is 11.3. The molecule has 0 aliphatic carbocycles. The molecule has 0 saturated carbocycles. The monoisotopic (exact) mass is 573 g/mol. The highest BCUT2D eigenvalue weighted by atomic mass is 16.7. The van der Waals surface area contributed by atoms with Crippen LogP contribution in [0.15, 0.2) is 66.7 Å². The first kappa shape index (κ1) is 29.4. The molecule has 0 radical (unpaired) electrons. The highest BCUT2D eigenvalue weighted by Gasteiger charge is 2.31. The summed E-state index contributed by atoms with van der Waals surface area (Å²) in [6, 6.07) is 20.7. The van der Waals surface area contributed by atoms with Gasteiger partial charge in [-0.2, -0.15) is 0 Å². The molecule has 9 heteroatoms. The van der Waals surface area contributed by atoms with Crippen LogP contribution < -0.4 is 19.5 Å². The van der Waals surface area contributed by atoms with Crippen molar-refractivity contribution in [3.8, 4) is 17.2 Å². The van der Waals surface area contributed by atoms with Crippen molar-refractivity contribution in [3.05, 3.63) is 83.4 Å². The van der Waals surface area contributed by atoms with Gasteiger partial charge < -0.3 is 29.5 Å². The number of ether oxygens (including phenoxy) is 3. The molecule has 2 aliphatic heterocycles. The van der Waals surface area contributed by atoms with Crippen LogP contribution in [0.4, 0.5) is 5.69 Å². The van der Waals surface area contributed by atoms with Crippen molar-refractivity contribution < 1.29 is 28.9 Å². The maximum absolute atomic E-state index is 13.5. The third-order valence-electron chi connectivity index (χ3n) is 7.79. The Morgan fingerprint density at radius 1 is 1.05 bits per heavy atom. The van der Waals surface area contributed by atoms with E-state index in [9.17, 15) is 14.7 Å². The molecular weight excluding hydrogens is 534 g/mol. The van der Waals surface area contributed by atoms with E-state index in [0.717, 1.165) is 22.6 Å². The van der Waals surface area contributed by atoms with Gasteiger partial charge in [-0.3, -0.25) is 14.5 Å². The molecule has 222 valence electrons. The fourth-order valence-electron chi connectivity index (χ4n) is 5.43. The number of hydrogen-bond donors (Lipinski definition) is 2. The zero-order valence-electron chi connectivity index (χ0n) is 24.4. The van der Waals surface area contributed by atoms with Crippen LogP contribution in [0, 0.1) is 5.92 Å². The number of carbonyl (C=O) groups excluding carboxylic acids is 2. The van der Waals surface area contributed by atoms with Crippen molar-refractivity contribution in [2.24, 2.45) is 5.92 Å². The number of nitrogens with one attached hydrogen (secondary N) is 1. The van der Waals surface area contributed by atoms with E-state index in [0.29, 0.717) is 36.6 Å². The average Bonchev–Trinajstić information content (AvgIpc) is 3.45. The van der Waals surface area contributed by atoms with E-state index in [1.807, 2.05) is 80.7 Å². The number of carbonyl (C=O) groups is 2. The predicted molar refractivity (Wildman–Crippen MR) is 160 cm³/mol. The van der Waals surface area contributed by atoms with E-state index in [1.54, 1.807) is 4.90 Å². The van der Waals surface area contributed by atoms with Gasteiger partial charge >= 0.3 is 0 Å². The van der Waals surface area contributed by atoms with E-state index in [2.05, 4.69) is 17.1 Å². The fourth-order valence-corrected chi connectivity index (χ4v) is 5.43. The number of benzene rings is 3. The summed E-state index contributed by atoms with van der Waals surface area (Å²) in [4.78, 5) is 30.2. The molecule has 0 fully saturated rings. The van der Waals surface area contributed by atoms with E-state index in [1.165, 1.54) is 0 Å². The second kappa shape index (κ2) is 13.3. The second-order valence-electron chi connectivity index (χ2n) is 11.3. The van der Waals surface area contributed by atoms with Crippen molar-refractivity contribution in [2.45, 2.75) is 45.4 Å². The summed E-state index contributed by atoms with van der Waals surface area (Å²) >= 11 is 0. The molecule has 0 saturated heterocycles. The maximum atomic E-state index is 13.5.